The SMILES string of the molecule is COc1ccccc1N1CCN(S(=O)(=O)CCNC(=O)COc2ccc(C)cc2)CC1. The molecule has 2 aromatic carbocycles. The Hall–Kier alpha value is -2.78. The van der Waals surface area contributed by atoms with Crippen molar-refractivity contribution < 1.29 is 22.7 Å². The summed E-state index contributed by atoms with van der Waals surface area (Å²) in [6.45, 7) is 3.81. The van der Waals surface area contributed by atoms with Gasteiger partial charge in [0, 0.05) is 32.7 Å². The normalized spacial score (nSPS) is 14.8. The number of amides is 1. The van der Waals surface area contributed by atoms with Crippen LogP contribution in [0.2, 0.25) is 0 Å². The Balaban J connectivity index is 1.42. The summed E-state index contributed by atoms with van der Waals surface area (Å²) >= 11 is 0. The lowest BCUT2D eigenvalue weighted by atomic mass is 10.2. The lowest BCUT2D eigenvalue weighted by Gasteiger charge is -2.35. The van der Waals surface area contributed by atoms with Crippen molar-refractivity contribution in [3.8, 4) is 11.5 Å². The Morgan fingerprint density at radius 3 is 2.39 bits per heavy atom. The molecular weight excluding hydrogens is 418 g/mol. The Kier molecular flexibility index (Phi) is 7.75. The summed E-state index contributed by atoms with van der Waals surface area (Å²) in [5, 5.41) is 2.61. The lowest BCUT2D eigenvalue weighted by Crippen LogP contribution is -2.50. The number of carbonyl (C=O) groups is 1. The van der Waals surface area contributed by atoms with E-state index >= 15 is 0 Å². The summed E-state index contributed by atoms with van der Waals surface area (Å²) in [6.07, 6.45) is 0. The van der Waals surface area contributed by atoms with E-state index in [1.807, 2.05) is 43.3 Å². The number of rotatable bonds is 9. The van der Waals surface area contributed by atoms with Crippen LogP contribution < -0.4 is 19.7 Å². The second-order valence-corrected chi connectivity index (χ2v) is 9.41. The van der Waals surface area contributed by atoms with E-state index in [0.717, 1.165) is 17.0 Å². The van der Waals surface area contributed by atoms with Crippen molar-refractivity contribution >= 4 is 21.6 Å². The maximum atomic E-state index is 12.6. The topological polar surface area (TPSA) is 88.2 Å². The predicted molar refractivity (Wildman–Crippen MR) is 120 cm³/mol. The van der Waals surface area contributed by atoms with E-state index in [2.05, 4.69) is 10.2 Å². The first-order valence-corrected chi connectivity index (χ1v) is 11.8. The van der Waals surface area contributed by atoms with Gasteiger partial charge in [0.15, 0.2) is 6.61 Å². The van der Waals surface area contributed by atoms with Crippen molar-refractivity contribution in [1.82, 2.24) is 9.62 Å². The van der Waals surface area contributed by atoms with E-state index < -0.39 is 10.0 Å². The number of hydrogen-bond donors (Lipinski definition) is 1. The molecule has 1 amide bonds. The molecule has 0 radical (unpaired) electrons. The molecule has 1 fully saturated rings. The van der Waals surface area contributed by atoms with Crippen molar-refractivity contribution in [2.24, 2.45) is 0 Å². The van der Waals surface area contributed by atoms with E-state index in [-0.39, 0.29) is 24.8 Å². The second-order valence-electron chi connectivity index (χ2n) is 7.33. The van der Waals surface area contributed by atoms with Gasteiger partial charge in [0.1, 0.15) is 11.5 Å². The summed E-state index contributed by atoms with van der Waals surface area (Å²) in [6, 6.07) is 15.1. The van der Waals surface area contributed by atoms with Crippen LogP contribution in [-0.4, -0.2) is 70.8 Å². The fraction of sp³-hybridized carbons (Fsp3) is 0.409. The van der Waals surface area contributed by atoms with Gasteiger partial charge in [-0.2, -0.15) is 4.31 Å². The molecule has 2 aromatic rings. The van der Waals surface area contributed by atoms with Gasteiger partial charge in [0.05, 0.1) is 18.6 Å². The third-order valence-electron chi connectivity index (χ3n) is 5.13. The number of piperazine rings is 1. The van der Waals surface area contributed by atoms with E-state index in [4.69, 9.17) is 9.47 Å². The molecule has 168 valence electrons. The Morgan fingerprint density at radius 2 is 1.71 bits per heavy atom. The third-order valence-corrected chi connectivity index (χ3v) is 7.00. The van der Waals surface area contributed by atoms with Crippen LogP contribution in [0.15, 0.2) is 48.5 Å². The minimum Gasteiger partial charge on any atom is -0.495 e. The molecule has 0 aliphatic carbocycles. The van der Waals surface area contributed by atoms with Crippen LogP contribution in [0.5, 0.6) is 11.5 Å². The van der Waals surface area contributed by atoms with Crippen LogP contribution in [0.4, 0.5) is 5.69 Å². The number of hydrogen-bond acceptors (Lipinski definition) is 6. The molecule has 0 spiro atoms. The highest BCUT2D eigenvalue weighted by Gasteiger charge is 2.27. The smallest absolute Gasteiger partial charge is 0.257 e. The molecule has 0 unspecified atom stereocenters. The number of anilines is 1. The molecule has 9 heteroatoms. The second kappa shape index (κ2) is 10.5. The van der Waals surface area contributed by atoms with E-state index in [0.29, 0.717) is 31.9 Å². The molecule has 1 N–H and O–H groups in total. The Bertz CT molecular complexity index is 971. The molecule has 0 aromatic heterocycles. The average molecular weight is 448 g/mol. The zero-order chi connectivity index (χ0) is 22.3. The van der Waals surface area contributed by atoms with Crippen molar-refractivity contribution in [2.45, 2.75) is 6.92 Å². The third kappa shape index (κ3) is 6.35. The first-order chi connectivity index (χ1) is 14.9. The van der Waals surface area contributed by atoms with E-state index in [1.165, 1.54) is 4.31 Å². The molecule has 3 rings (SSSR count). The summed E-state index contributed by atoms with van der Waals surface area (Å²) in [5.74, 6) is 0.880. The standard InChI is InChI=1S/C22H29N3O5S/c1-18-7-9-19(10-8-18)30-17-22(26)23-11-16-31(27,28)25-14-12-24(13-15-25)20-5-3-4-6-21(20)29-2/h3-10H,11-17H2,1-2H3,(H,23,26). The van der Waals surface area contributed by atoms with Crippen LogP contribution in [-0.2, 0) is 14.8 Å². The molecular formula is C22H29N3O5S. The minimum atomic E-state index is -3.45. The van der Waals surface area contributed by atoms with Gasteiger partial charge in [-0.05, 0) is 31.2 Å². The number of ether oxygens (including phenoxy) is 2. The maximum absolute atomic E-state index is 12.6. The zero-order valence-electron chi connectivity index (χ0n) is 17.9. The molecule has 0 atom stereocenters. The maximum Gasteiger partial charge on any atom is 0.257 e. The van der Waals surface area contributed by atoms with Gasteiger partial charge in [-0.3, -0.25) is 4.79 Å². The van der Waals surface area contributed by atoms with Crippen LogP contribution in [0.25, 0.3) is 0 Å². The number of aryl methyl sites for hydroxylation is 1. The minimum absolute atomic E-state index is 0.0468. The van der Waals surface area contributed by atoms with Crippen LogP contribution in [0.1, 0.15) is 5.56 Å². The van der Waals surface area contributed by atoms with E-state index in [1.54, 1.807) is 19.2 Å². The van der Waals surface area contributed by atoms with Crippen molar-refractivity contribution in [2.75, 3.05) is 57.1 Å². The van der Waals surface area contributed by atoms with Gasteiger partial charge in [0.25, 0.3) is 5.91 Å². The Morgan fingerprint density at radius 1 is 1.03 bits per heavy atom. The van der Waals surface area contributed by atoms with Crippen LogP contribution in [0.3, 0.4) is 0 Å². The number of benzene rings is 2. The van der Waals surface area contributed by atoms with Crippen LogP contribution in [0, 0.1) is 6.92 Å². The largest absolute Gasteiger partial charge is 0.495 e. The van der Waals surface area contributed by atoms with Crippen molar-refractivity contribution in [1.29, 1.82) is 0 Å². The summed E-state index contributed by atoms with van der Waals surface area (Å²) in [7, 11) is -1.83. The molecule has 1 aliphatic heterocycles. The van der Waals surface area contributed by atoms with Crippen molar-refractivity contribution in [3.05, 3.63) is 54.1 Å². The lowest BCUT2D eigenvalue weighted by molar-refractivity contribution is -0.122. The van der Waals surface area contributed by atoms with Gasteiger partial charge in [0.2, 0.25) is 10.0 Å². The number of nitrogens with zero attached hydrogens (tertiary/aromatic N) is 2. The first-order valence-electron chi connectivity index (χ1n) is 10.2. The summed E-state index contributed by atoms with van der Waals surface area (Å²) in [5.41, 5.74) is 2.06. The van der Waals surface area contributed by atoms with Crippen molar-refractivity contribution in [3.63, 3.8) is 0 Å². The molecule has 8 nitrogen and oxygen atoms in total. The van der Waals surface area contributed by atoms with Gasteiger partial charge in [-0.25, -0.2) is 8.42 Å². The molecule has 1 saturated heterocycles. The van der Waals surface area contributed by atoms with Gasteiger partial charge < -0.3 is 19.7 Å². The van der Waals surface area contributed by atoms with Crippen LogP contribution >= 0.6 is 0 Å². The van der Waals surface area contributed by atoms with Gasteiger partial charge >= 0.3 is 0 Å². The Labute approximate surface area is 183 Å². The molecule has 1 heterocycles. The predicted octanol–water partition coefficient (Wildman–Crippen LogP) is 1.65. The highest BCUT2D eigenvalue weighted by molar-refractivity contribution is 7.89. The quantitative estimate of drug-likeness (QED) is 0.629. The summed E-state index contributed by atoms with van der Waals surface area (Å²) in [4.78, 5) is 14.1. The molecule has 0 saturated carbocycles. The number of para-hydroxylation sites is 2. The average Bonchev–Trinajstić information content (AvgIpc) is 2.78. The highest BCUT2D eigenvalue weighted by atomic mass is 32.2. The first kappa shape index (κ1) is 22.9. The fourth-order valence-corrected chi connectivity index (χ4v) is 4.72. The van der Waals surface area contributed by atoms with Gasteiger partial charge in [-0.1, -0.05) is 29.8 Å². The number of carbonyl (C=O) groups excluding carboxylic acids is 1. The summed E-state index contributed by atoms with van der Waals surface area (Å²) < 4.78 is 37.6. The molecule has 1 aliphatic rings. The number of nitrogens with one attached hydrogen (secondary N) is 1. The van der Waals surface area contributed by atoms with Gasteiger partial charge in [-0.15, -0.1) is 0 Å². The fourth-order valence-electron chi connectivity index (χ4n) is 3.38. The highest BCUT2D eigenvalue weighted by Crippen LogP contribution is 2.28. The molecule has 0 bridgehead atoms. The monoisotopic (exact) mass is 447 g/mol. The molecule has 31 heavy (non-hydrogen) atoms. The van der Waals surface area contributed by atoms with E-state index in [9.17, 15) is 13.2 Å². The zero-order valence-corrected chi connectivity index (χ0v) is 18.7. The number of sulfonamides is 1. The number of methoxy groups -OCH3 is 1.